The molecular formula is C21H33BrN2O. The van der Waals surface area contributed by atoms with Crippen molar-refractivity contribution in [3.63, 3.8) is 0 Å². The van der Waals surface area contributed by atoms with Crippen LogP contribution in [0.2, 0.25) is 0 Å². The normalized spacial score (nSPS) is 27.6. The Morgan fingerprint density at radius 3 is 2.72 bits per heavy atom. The van der Waals surface area contributed by atoms with Gasteiger partial charge >= 0.3 is 0 Å². The van der Waals surface area contributed by atoms with Crippen LogP contribution >= 0.6 is 15.9 Å². The van der Waals surface area contributed by atoms with Crippen LogP contribution in [0, 0.1) is 11.8 Å². The van der Waals surface area contributed by atoms with Crippen molar-refractivity contribution >= 4 is 15.9 Å². The van der Waals surface area contributed by atoms with Gasteiger partial charge in [-0.3, -0.25) is 0 Å². The van der Waals surface area contributed by atoms with Gasteiger partial charge in [-0.05, 0) is 100 Å². The van der Waals surface area contributed by atoms with Crippen molar-refractivity contribution in [1.29, 1.82) is 0 Å². The number of hydrogen-bond acceptors (Lipinski definition) is 3. The van der Waals surface area contributed by atoms with Gasteiger partial charge in [-0.1, -0.05) is 15.9 Å². The van der Waals surface area contributed by atoms with Crippen molar-refractivity contribution < 1.29 is 4.74 Å². The van der Waals surface area contributed by atoms with Crippen molar-refractivity contribution in [2.24, 2.45) is 17.6 Å². The van der Waals surface area contributed by atoms with Crippen LogP contribution in [0.1, 0.15) is 50.5 Å². The summed E-state index contributed by atoms with van der Waals surface area (Å²) >= 11 is 3.69. The highest BCUT2D eigenvalue weighted by molar-refractivity contribution is 9.10. The Bertz CT molecular complexity index is 543. The van der Waals surface area contributed by atoms with Gasteiger partial charge < -0.3 is 15.4 Å². The molecule has 0 bridgehead atoms. The predicted molar refractivity (Wildman–Crippen MR) is 108 cm³/mol. The van der Waals surface area contributed by atoms with Crippen molar-refractivity contribution in [2.75, 3.05) is 26.7 Å². The maximum absolute atomic E-state index is 6.01. The molecule has 25 heavy (non-hydrogen) atoms. The minimum Gasteiger partial charge on any atom is -0.497 e. The maximum atomic E-state index is 6.01. The molecule has 1 aromatic rings. The van der Waals surface area contributed by atoms with E-state index in [1.165, 1.54) is 74.6 Å². The summed E-state index contributed by atoms with van der Waals surface area (Å²) in [6.45, 7) is 3.79. The fourth-order valence-electron chi connectivity index (χ4n) is 4.51. The van der Waals surface area contributed by atoms with Crippen LogP contribution in [-0.2, 0) is 6.42 Å². The van der Waals surface area contributed by atoms with E-state index < -0.39 is 0 Å². The third kappa shape index (κ3) is 5.70. The number of halogens is 1. The van der Waals surface area contributed by atoms with Gasteiger partial charge in [0, 0.05) is 17.1 Å². The van der Waals surface area contributed by atoms with Gasteiger partial charge in [0.05, 0.1) is 7.11 Å². The summed E-state index contributed by atoms with van der Waals surface area (Å²) < 4.78 is 6.58. The molecule has 1 saturated carbocycles. The van der Waals surface area contributed by atoms with Gasteiger partial charge in [-0.25, -0.2) is 0 Å². The quantitative estimate of drug-likeness (QED) is 0.714. The number of benzene rings is 1. The number of ether oxygens (including phenoxy) is 1. The number of rotatable bonds is 7. The van der Waals surface area contributed by atoms with Crippen molar-refractivity contribution in [3.8, 4) is 5.75 Å². The van der Waals surface area contributed by atoms with E-state index in [0.717, 1.165) is 24.0 Å². The first-order chi connectivity index (χ1) is 12.1. The van der Waals surface area contributed by atoms with E-state index >= 15 is 0 Å². The van der Waals surface area contributed by atoms with Crippen LogP contribution in [-0.4, -0.2) is 37.7 Å². The lowest BCUT2D eigenvalue weighted by molar-refractivity contribution is 0.269. The van der Waals surface area contributed by atoms with Crippen LogP contribution < -0.4 is 10.5 Å². The highest BCUT2D eigenvalue weighted by Crippen LogP contribution is 2.30. The number of nitrogens with two attached hydrogens (primary N) is 1. The molecule has 0 spiro atoms. The molecule has 2 fully saturated rings. The molecule has 1 unspecified atom stereocenters. The average Bonchev–Trinajstić information content (AvgIpc) is 3.06. The number of nitrogens with zero attached hydrogens (tertiary/aromatic N) is 1. The summed E-state index contributed by atoms with van der Waals surface area (Å²) in [6.07, 6.45) is 10.4. The molecule has 3 nitrogen and oxygen atoms in total. The van der Waals surface area contributed by atoms with E-state index in [9.17, 15) is 0 Å². The van der Waals surface area contributed by atoms with E-state index in [1.807, 2.05) is 6.07 Å². The second-order valence-corrected chi connectivity index (χ2v) is 8.89. The van der Waals surface area contributed by atoms with E-state index in [4.69, 9.17) is 10.5 Å². The van der Waals surface area contributed by atoms with Crippen molar-refractivity contribution in [3.05, 3.63) is 28.2 Å². The predicted octanol–water partition coefficient (Wildman–Crippen LogP) is 4.62. The van der Waals surface area contributed by atoms with E-state index in [0.29, 0.717) is 6.04 Å². The zero-order valence-corrected chi connectivity index (χ0v) is 17.1. The van der Waals surface area contributed by atoms with Gasteiger partial charge in [0.25, 0.3) is 0 Å². The standard InChI is InChI=1S/C21H33BrN2O/c1-25-20-8-9-21(22)18(14-20)13-17-10-12-24(15-17)11-2-3-16-4-6-19(23)7-5-16/h8-9,14,16-17,19H,2-7,10-13,15,23H2,1H3. The number of methoxy groups -OCH3 is 1. The van der Waals surface area contributed by atoms with E-state index in [-0.39, 0.29) is 0 Å². The molecule has 2 N–H and O–H groups in total. The fraction of sp³-hybridized carbons (Fsp3) is 0.714. The molecule has 3 rings (SSSR count). The molecule has 1 aliphatic carbocycles. The third-order valence-corrected chi connectivity index (χ3v) is 6.88. The fourth-order valence-corrected chi connectivity index (χ4v) is 4.92. The van der Waals surface area contributed by atoms with Crippen LogP contribution in [0.15, 0.2) is 22.7 Å². The zero-order valence-electron chi connectivity index (χ0n) is 15.6. The highest BCUT2D eigenvalue weighted by Gasteiger charge is 2.24. The van der Waals surface area contributed by atoms with Gasteiger partial charge in [0.15, 0.2) is 0 Å². The van der Waals surface area contributed by atoms with Gasteiger partial charge in [0.2, 0.25) is 0 Å². The zero-order chi connectivity index (χ0) is 17.6. The van der Waals surface area contributed by atoms with Gasteiger partial charge in [-0.15, -0.1) is 0 Å². The second-order valence-electron chi connectivity index (χ2n) is 8.04. The molecule has 1 aliphatic heterocycles. The largest absolute Gasteiger partial charge is 0.497 e. The van der Waals surface area contributed by atoms with Crippen LogP contribution in [0.3, 0.4) is 0 Å². The van der Waals surface area contributed by atoms with Crippen molar-refractivity contribution in [1.82, 2.24) is 4.90 Å². The average molecular weight is 409 g/mol. The molecule has 0 amide bonds. The Morgan fingerprint density at radius 1 is 1.16 bits per heavy atom. The molecule has 4 heteroatoms. The Balaban J connectivity index is 1.38. The summed E-state index contributed by atoms with van der Waals surface area (Å²) in [5.74, 6) is 2.67. The molecule has 140 valence electrons. The van der Waals surface area contributed by atoms with E-state index in [2.05, 4.69) is 33.0 Å². The first kappa shape index (κ1) is 19.2. The Kier molecular flexibility index (Phi) is 7.20. The van der Waals surface area contributed by atoms with Crippen LogP contribution in [0.5, 0.6) is 5.75 Å². The lowest BCUT2D eigenvalue weighted by Crippen LogP contribution is -2.27. The number of likely N-dealkylation sites (tertiary alicyclic amines) is 1. The van der Waals surface area contributed by atoms with Crippen molar-refractivity contribution in [2.45, 2.75) is 57.4 Å². The van der Waals surface area contributed by atoms with Crippen LogP contribution in [0.4, 0.5) is 0 Å². The minimum atomic E-state index is 0.478. The topological polar surface area (TPSA) is 38.5 Å². The third-order valence-electron chi connectivity index (χ3n) is 6.11. The highest BCUT2D eigenvalue weighted by atomic mass is 79.9. The second kappa shape index (κ2) is 9.38. The molecule has 1 atom stereocenters. The molecule has 0 aromatic heterocycles. The van der Waals surface area contributed by atoms with Crippen LogP contribution in [0.25, 0.3) is 0 Å². The Morgan fingerprint density at radius 2 is 1.96 bits per heavy atom. The Hall–Kier alpha value is -0.580. The summed E-state index contributed by atoms with van der Waals surface area (Å²) in [7, 11) is 1.74. The summed E-state index contributed by atoms with van der Waals surface area (Å²) in [4.78, 5) is 2.67. The monoisotopic (exact) mass is 408 g/mol. The molecule has 1 heterocycles. The molecule has 2 aliphatic rings. The van der Waals surface area contributed by atoms with E-state index in [1.54, 1.807) is 7.11 Å². The van der Waals surface area contributed by atoms with Gasteiger partial charge in [-0.2, -0.15) is 0 Å². The molecule has 0 radical (unpaired) electrons. The summed E-state index contributed by atoms with van der Waals surface area (Å²) in [5, 5.41) is 0. The first-order valence-corrected chi connectivity index (χ1v) is 10.7. The summed E-state index contributed by atoms with van der Waals surface area (Å²) in [5.41, 5.74) is 7.39. The lowest BCUT2D eigenvalue weighted by atomic mass is 9.84. The molecule has 1 aromatic carbocycles. The minimum absolute atomic E-state index is 0.478. The summed E-state index contributed by atoms with van der Waals surface area (Å²) in [6, 6.07) is 6.79. The molecular weight excluding hydrogens is 376 g/mol. The maximum Gasteiger partial charge on any atom is 0.119 e. The smallest absolute Gasteiger partial charge is 0.119 e. The first-order valence-electron chi connectivity index (χ1n) is 9.94. The SMILES string of the molecule is COc1ccc(Br)c(CC2CCN(CCCC3CCC(N)CC3)C2)c1. The number of hydrogen-bond donors (Lipinski definition) is 1. The Labute approximate surface area is 161 Å². The van der Waals surface area contributed by atoms with Gasteiger partial charge in [0.1, 0.15) is 5.75 Å². The molecule has 1 saturated heterocycles. The lowest BCUT2D eigenvalue weighted by Gasteiger charge is -2.26.